The minimum atomic E-state index is 0.761. The lowest BCUT2D eigenvalue weighted by Crippen LogP contribution is -1.87. The van der Waals surface area contributed by atoms with Crippen LogP contribution in [0.15, 0.2) is 76.0 Å². The molecular weight excluding hydrogens is 304 g/mol. The number of aliphatic imine (C=N–C) groups is 1. The van der Waals surface area contributed by atoms with Gasteiger partial charge < -0.3 is 4.74 Å². The van der Waals surface area contributed by atoms with Gasteiger partial charge in [0, 0.05) is 15.7 Å². The average Bonchev–Trinajstić information content (AvgIpc) is 2.62. The topological polar surface area (TPSA) is 34.5 Å². The number of hydrogen-bond acceptors (Lipinski definition) is 4. The zero-order valence-corrected chi connectivity index (χ0v) is 13.6. The Balaban J connectivity index is 1.85. The molecule has 0 radical (unpaired) electrons. The van der Waals surface area contributed by atoms with Crippen molar-refractivity contribution in [2.75, 3.05) is 7.11 Å². The minimum Gasteiger partial charge on any atom is -0.497 e. The number of para-hydroxylation sites is 1. The largest absolute Gasteiger partial charge is 0.497 e. The Hall–Kier alpha value is -2.59. The van der Waals surface area contributed by atoms with E-state index in [0.717, 1.165) is 32.9 Å². The van der Waals surface area contributed by atoms with E-state index in [1.807, 2.05) is 60.0 Å². The highest BCUT2D eigenvalue weighted by atomic mass is 32.2. The van der Waals surface area contributed by atoms with Crippen LogP contribution < -0.4 is 4.74 Å². The molecular formula is C19H16N2OS. The van der Waals surface area contributed by atoms with Gasteiger partial charge in [-0.25, -0.2) is 4.98 Å². The van der Waals surface area contributed by atoms with Gasteiger partial charge >= 0.3 is 0 Å². The first-order chi connectivity index (χ1) is 11.3. The Morgan fingerprint density at radius 1 is 1.09 bits per heavy atom. The summed E-state index contributed by atoms with van der Waals surface area (Å²) in [5.74, 6) is 0.844. The first-order valence-corrected chi connectivity index (χ1v) is 8.02. The van der Waals surface area contributed by atoms with Gasteiger partial charge in [-0.3, -0.25) is 4.99 Å². The quantitative estimate of drug-likeness (QED) is 0.488. The van der Waals surface area contributed by atoms with E-state index in [9.17, 15) is 0 Å². The standard InChI is InChI=1S/C19H16N2OS/c1-20-19(13-23-16-10-8-15(22-2)9-11-16)18-12-7-14-5-3-4-6-17(14)21-18/h3-13H,1H2,2H3/b19-13-. The second kappa shape index (κ2) is 7.11. The van der Waals surface area contributed by atoms with Crippen molar-refractivity contribution in [2.24, 2.45) is 4.99 Å². The third kappa shape index (κ3) is 3.60. The molecule has 3 rings (SSSR count). The molecule has 0 aliphatic heterocycles. The molecule has 0 unspecified atom stereocenters. The van der Waals surface area contributed by atoms with Gasteiger partial charge in [-0.1, -0.05) is 36.0 Å². The number of aromatic nitrogens is 1. The Morgan fingerprint density at radius 2 is 1.87 bits per heavy atom. The lowest BCUT2D eigenvalue weighted by Gasteiger charge is -2.04. The van der Waals surface area contributed by atoms with Crippen molar-refractivity contribution < 1.29 is 4.74 Å². The Morgan fingerprint density at radius 3 is 2.61 bits per heavy atom. The van der Waals surface area contributed by atoms with Crippen LogP contribution in [0.1, 0.15) is 5.69 Å². The molecule has 0 amide bonds. The number of fused-ring (bicyclic) bond motifs is 1. The fourth-order valence-corrected chi connectivity index (χ4v) is 2.90. The van der Waals surface area contributed by atoms with Crippen LogP contribution in [0.4, 0.5) is 0 Å². The summed E-state index contributed by atoms with van der Waals surface area (Å²) in [6.07, 6.45) is 0. The van der Waals surface area contributed by atoms with E-state index in [0.29, 0.717) is 0 Å². The third-order valence-electron chi connectivity index (χ3n) is 3.40. The molecule has 3 nitrogen and oxygen atoms in total. The van der Waals surface area contributed by atoms with Crippen LogP contribution in [0.5, 0.6) is 5.75 Å². The van der Waals surface area contributed by atoms with Gasteiger partial charge in [0.05, 0.1) is 24.0 Å². The van der Waals surface area contributed by atoms with E-state index in [-0.39, 0.29) is 0 Å². The highest BCUT2D eigenvalue weighted by Gasteiger charge is 2.03. The van der Waals surface area contributed by atoms with E-state index in [1.165, 1.54) is 0 Å². The van der Waals surface area contributed by atoms with E-state index >= 15 is 0 Å². The number of benzene rings is 2. The van der Waals surface area contributed by atoms with Crippen LogP contribution >= 0.6 is 11.8 Å². The maximum absolute atomic E-state index is 5.16. The molecule has 0 aliphatic rings. The molecule has 0 saturated carbocycles. The number of pyridine rings is 1. The van der Waals surface area contributed by atoms with Gasteiger partial charge in [0.1, 0.15) is 5.75 Å². The summed E-state index contributed by atoms with van der Waals surface area (Å²) >= 11 is 1.58. The summed E-state index contributed by atoms with van der Waals surface area (Å²) in [7, 11) is 1.66. The lowest BCUT2D eigenvalue weighted by molar-refractivity contribution is 0.414. The number of rotatable bonds is 5. The summed E-state index contributed by atoms with van der Waals surface area (Å²) in [6, 6.07) is 19.9. The van der Waals surface area contributed by atoms with Crippen LogP contribution in [0, 0.1) is 0 Å². The predicted molar refractivity (Wildman–Crippen MR) is 98.1 cm³/mol. The maximum atomic E-state index is 5.16. The smallest absolute Gasteiger partial charge is 0.118 e. The molecule has 0 bridgehead atoms. The van der Waals surface area contributed by atoms with E-state index in [1.54, 1.807) is 18.9 Å². The van der Waals surface area contributed by atoms with Crippen molar-refractivity contribution >= 4 is 35.1 Å². The summed E-state index contributed by atoms with van der Waals surface area (Å²) in [4.78, 5) is 9.87. The van der Waals surface area contributed by atoms with Crippen molar-refractivity contribution in [3.63, 3.8) is 0 Å². The molecule has 0 N–H and O–H groups in total. The first-order valence-electron chi connectivity index (χ1n) is 7.14. The molecule has 0 saturated heterocycles. The Kier molecular flexibility index (Phi) is 4.74. The molecule has 2 aromatic carbocycles. The van der Waals surface area contributed by atoms with Crippen LogP contribution in [0.2, 0.25) is 0 Å². The Bertz CT molecular complexity index is 857. The normalized spacial score (nSPS) is 11.4. The van der Waals surface area contributed by atoms with E-state index < -0.39 is 0 Å². The molecule has 114 valence electrons. The van der Waals surface area contributed by atoms with Crippen molar-refractivity contribution in [3.05, 3.63) is 71.8 Å². The van der Waals surface area contributed by atoms with Gasteiger partial charge in [-0.05, 0) is 43.1 Å². The van der Waals surface area contributed by atoms with Crippen LogP contribution in [-0.4, -0.2) is 18.8 Å². The van der Waals surface area contributed by atoms with Gasteiger partial charge in [-0.15, -0.1) is 0 Å². The summed E-state index contributed by atoms with van der Waals surface area (Å²) in [5.41, 5.74) is 2.53. The highest BCUT2D eigenvalue weighted by molar-refractivity contribution is 8.02. The Labute approximate surface area is 139 Å². The van der Waals surface area contributed by atoms with Crippen molar-refractivity contribution in [3.8, 4) is 5.75 Å². The van der Waals surface area contributed by atoms with Gasteiger partial charge in [0.15, 0.2) is 0 Å². The monoisotopic (exact) mass is 320 g/mol. The van der Waals surface area contributed by atoms with E-state index in [4.69, 9.17) is 4.74 Å². The predicted octanol–water partition coefficient (Wildman–Crippen LogP) is 5.03. The molecule has 3 aromatic rings. The lowest BCUT2D eigenvalue weighted by atomic mass is 10.2. The van der Waals surface area contributed by atoms with Gasteiger partial charge in [0.2, 0.25) is 0 Å². The molecule has 1 heterocycles. The van der Waals surface area contributed by atoms with Crippen molar-refractivity contribution in [2.45, 2.75) is 4.90 Å². The van der Waals surface area contributed by atoms with E-state index in [2.05, 4.69) is 22.8 Å². The maximum Gasteiger partial charge on any atom is 0.118 e. The van der Waals surface area contributed by atoms with Crippen molar-refractivity contribution in [1.82, 2.24) is 4.98 Å². The molecule has 0 fully saturated rings. The fraction of sp³-hybridized carbons (Fsp3) is 0.0526. The van der Waals surface area contributed by atoms with Crippen LogP contribution in [-0.2, 0) is 0 Å². The second-order valence-corrected chi connectivity index (χ2v) is 5.79. The SMILES string of the molecule is C=N/C(=C\Sc1ccc(OC)cc1)c1ccc2ccccc2n1. The second-order valence-electron chi connectivity index (χ2n) is 4.84. The van der Waals surface area contributed by atoms with Crippen LogP contribution in [0.25, 0.3) is 16.6 Å². The first kappa shape index (κ1) is 15.3. The van der Waals surface area contributed by atoms with Crippen molar-refractivity contribution in [1.29, 1.82) is 0 Å². The number of thioether (sulfide) groups is 1. The number of hydrogen-bond donors (Lipinski definition) is 0. The summed E-state index contributed by atoms with van der Waals surface area (Å²) < 4.78 is 5.16. The molecule has 0 aliphatic carbocycles. The minimum absolute atomic E-state index is 0.761. The summed E-state index contributed by atoms with van der Waals surface area (Å²) in [6.45, 7) is 3.67. The number of methoxy groups -OCH3 is 1. The average molecular weight is 320 g/mol. The van der Waals surface area contributed by atoms with Gasteiger partial charge in [-0.2, -0.15) is 0 Å². The molecule has 4 heteroatoms. The molecule has 0 spiro atoms. The zero-order chi connectivity index (χ0) is 16.1. The fourth-order valence-electron chi connectivity index (χ4n) is 2.17. The third-order valence-corrected chi connectivity index (χ3v) is 4.28. The summed E-state index contributed by atoms with van der Waals surface area (Å²) in [5, 5.41) is 3.08. The van der Waals surface area contributed by atoms with Gasteiger partial charge in [0.25, 0.3) is 0 Å². The zero-order valence-electron chi connectivity index (χ0n) is 12.8. The molecule has 0 atom stereocenters. The molecule has 23 heavy (non-hydrogen) atoms. The number of ether oxygens (including phenoxy) is 1. The molecule has 1 aromatic heterocycles. The highest BCUT2D eigenvalue weighted by Crippen LogP contribution is 2.27. The van der Waals surface area contributed by atoms with Crippen LogP contribution in [0.3, 0.4) is 0 Å². The number of nitrogens with zero attached hydrogens (tertiary/aromatic N) is 2.